The number of ether oxygens (including phenoxy) is 1. The maximum atomic E-state index is 12.4. The third-order valence-electron chi connectivity index (χ3n) is 6.62. The van der Waals surface area contributed by atoms with Crippen LogP contribution in [0.15, 0.2) is 115 Å². The number of carbonyl (C=O) groups is 1. The fourth-order valence-electron chi connectivity index (χ4n) is 4.82. The van der Waals surface area contributed by atoms with Gasteiger partial charge in [-0.15, -0.1) is 0 Å². The van der Waals surface area contributed by atoms with Crippen LogP contribution >= 0.6 is 7.26 Å². The smallest absolute Gasteiger partial charge is 0.311 e. The first-order chi connectivity index (χ1) is 17.7. The quantitative estimate of drug-likeness (QED) is 0.0919. The van der Waals surface area contributed by atoms with Gasteiger partial charge < -0.3 is 4.74 Å². The van der Waals surface area contributed by atoms with Crippen molar-refractivity contribution in [3.8, 4) is 5.75 Å². The van der Waals surface area contributed by atoms with E-state index < -0.39 is 7.26 Å². The zero-order valence-corrected chi connectivity index (χ0v) is 22.1. The van der Waals surface area contributed by atoms with Crippen molar-refractivity contribution in [3.05, 3.63) is 115 Å². The number of hydrogen-bond donors (Lipinski definition) is 0. The van der Waals surface area contributed by atoms with Crippen LogP contribution in [0.5, 0.6) is 5.75 Å². The largest absolute Gasteiger partial charge is 0.427 e. The van der Waals surface area contributed by atoms with Crippen LogP contribution in [0, 0.1) is 0 Å². The molecule has 0 amide bonds. The van der Waals surface area contributed by atoms with Crippen LogP contribution in [0.1, 0.15) is 51.9 Å². The van der Waals surface area contributed by atoms with Crippen LogP contribution in [0.2, 0.25) is 0 Å². The molecule has 4 aromatic carbocycles. The molecular formula is C33H36O2P+. The number of hydrogen-bond acceptors (Lipinski definition) is 2. The first-order valence-corrected chi connectivity index (χ1v) is 14.9. The maximum Gasteiger partial charge on any atom is 0.311 e. The molecule has 0 N–H and O–H groups in total. The molecular weight excluding hydrogens is 459 g/mol. The number of rotatable bonds is 12. The first kappa shape index (κ1) is 25.9. The van der Waals surface area contributed by atoms with E-state index in [4.69, 9.17) is 4.74 Å². The average molecular weight is 496 g/mol. The van der Waals surface area contributed by atoms with Crippen LogP contribution in [-0.2, 0) is 4.79 Å². The highest BCUT2D eigenvalue weighted by molar-refractivity contribution is 8.01. The predicted molar refractivity (Wildman–Crippen MR) is 155 cm³/mol. The molecule has 0 aromatic heterocycles. The molecule has 0 atom stereocenters. The molecule has 0 heterocycles. The van der Waals surface area contributed by atoms with E-state index in [1.165, 1.54) is 46.9 Å². The van der Waals surface area contributed by atoms with E-state index in [1.807, 2.05) is 12.1 Å². The van der Waals surface area contributed by atoms with Gasteiger partial charge in [0.2, 0.25) is 0 Å². The molecule has 0 aliphatic carbocycles. The summed E-state index contributed by atoms with van der Waals surface area (Å²) < 4.78 is 5.70. The summed E-state index contributed by atoms with van der Waals surface area (Å²) in [5.74, 6) is 0.468. The van der Waals surface area contributed by atoms with Crippen LogP contribution in [0.3, 0.4) is 0 Å². The van der Waals surface area contributed by atoms with E-state index in [9.17, 15) is 4.79 Å². The zero-order chi connectivity index (χ0) is 25.1. The molecule has 2 nitrogen and oxygen atoms in total. The number of benzene rings is 4. The summed E-state index contributed by atoms with van der Waals surface area (Å²) in [6.45, 7) is 2.22. The molecule has 3 heteroatoms. The molecule has 0 spiro atoms. The summed E-state index contributed by atoms with van der Waals surface area (Å²) in [4.78, 5) is 12.4. The second-order valence-electron chi connectivity index (χ2n) is 9.16. The Balaban J connectivity index is 1.63. The molecule has 0 aliphatic heterocycles. The van der Waals surface area contributed by atoms with Crippen LogP contribution < -0.4 is 26.0 Å². The normalized spacial score (nSPS) is 11.2. The lowest BCUT2D eigenvalue weighted by molar-refractivity contribution is -0.134. The van der Waals surface area contributed by atoms with Crippen molar-refractivity contribution >= 4 is 34.4 Å². The lowest BCUT2D eigenvalue weighted by atomic mass is 10.1. The summed E-state index contributed by atoms with van der Waals surface area (Å²) in [6, 6.07) is 40.6. The Morgan fingerprint density at radius 1 is 0.556 bits per heavy atom. The molecule has 0 unspecified atom stereocenters. The van der Waals surface area contributed by atoms with E-state index in [0.717, 1.165) is 12.8 Å². The fourth-order valence-corrected chi connectivity index (χ4v) is 9.06. The van der Waals surface area contributed by atoms with Crippen LogP contribution in [0.25, 0.3) is 0 Å². The van der Waals surface area contributed by atoms with Gasteiger partial charge in [-0.1, -0.05) is 93.6 Å². The standard InChI is InChI=1S/C33H36O2P/c1-2-3-4-5-6-16-23-33(34)35-28-24-26-32(27-25-28)36(29-17-10-7-11-18-29,30-19-12-8-13-20-30)31-21-14-9-15-22-31/h7-15,17-22,24-27H,2-6,16,23H2,1H3/q+1. The van der Waals surface area contributed by atoms with Gasteiger partial charge in [-0.2, -0.15) is 0 Å². The second-order valence-corrected chi connectivity index (χ2v) is 12.6. The third-order valence-corrected chi connectivity index (χ3v) is 10.9. The Hall–Kier alpha value is -3.22. The Bertz CT molecular complexity index is 1090. The lowest BCUT2D eigenvalue weighted by Gasteiger charge is -2.27. The maximum absolute atomic E-state index is 12.4. The monoisotopic (exact) mass is 495 g/mol. The second kappa shape index (κ2) is 13.2. The van der Waals surface area contributed by atoms with Gasteiger partial charge in [-0.3, -0.25) is 4.79 Å². The van der Waals surface area contributed by atoms with E-state index in [-0.39, 0.29) is 5.97 Å². The van der Waals surface area contributed by atoms with Gasteiger partial charge in [0.15, 0.2) is 0 Å². The van der Waals surface area contributed by atoms with Gasteiger partial charge >= 0.3 is 5.97 Å². The molecule has 0 radical (unpaired) electrons. The minimum Gasteiger partial charge on any atom is -0.427 e. The van der Waals surface area contributed by atoms with Gasteiger partial charge in [-0.25, -0.2) is 0 Å². The van der Waals surface area contributed by atoms with Crippen molar-refractivity contribution in [2.75, 3.05) is 0 Å². The molecule has 184 valence electrons. The van der Waals surface area contributed by atoms with E-state index in [0.29, 0.717) is 12.2 Å². The van der Waals surface area contributed by atoms with Gasteiger partial charge in [0.1, 0.15) is 34.2 Å². The molecule has 0 fully saturated rings. The number of esters is 1. The van der Waals surface area contributed by atoms with E-state index in [1.54, 1.807) is 0 Å². The highest BCUT2D eigenvalue weighted by Gasteiger charge is 2.47. The van der Waals surface area contributed by atoms with Crippen LogP contribution in [0.4, 0.5) is 0 Å². The Kier molecular flexibility index (Phi) is 9.47. The molecule has 0 saturated heterocycles. The fraction of sp³-hybridized carbons (Fsp3) is 0.242. The topological polar surface area (TPSA) is 26.3 Å². The molecule has 0 bridgehead atoms. The lowest BCUT2D eigenvalue weighted by Crippen LogP contribution is -2.38. The van der Waals surface area contributed by atoms with E-state index in [2.05, 4.69) is 110 Å². The predicted octanol–water partition coefficient (Wildman–Crippen LogP) is 6.96. The van der Waals surface area contributed by atoms with Crippen molar-refractivity contribution in [1.82, 2.24) is 0 Å². The SMILES string of the molecule is CCCCCCCCC(=O)Oc1ccc([P+](c2ccccc2)(c2ccccc2)c2ccccc2)cc1. The molecule has 36 heavy (non-hydrogen) atoms. The summed E-state index contributed by atoms with van der Waals surface area (Å²) >= 11 is 0. The van der Waals surface area contributed by atoms with Gasteiger partial charge in [0.05, 0.1) is 0 Å². The van der Waals surface area contributed by atoms with Crippen molar-refractivity contribution in [2.24, 2.45) is 0 Å². The molecule has 4 rings (SSSR count). The van der Waals surface area contributed by atoms with Crippen molar-refractivity contribution in [1.29, 1.82) is 0 Å². The third kappa shape index (κ3) is 6.12. The van der Waals surface area contributed by atoms with Crippen molar-refractivity contribution < 1.29 is 9.53 Å². The van der Waals surface area contributed by atoms with Gasteiger partial charge in [0, 0.05) is 6.42 Å². The van der Waals surface area contributed by atoms with E-state index >= 15 is 0 Å². The summed E-state index contributed by atoms with van der Waals surface area (Å²) in [7, 11) is -2.13. The number of carbonyl (C=O) groups excluding carboxylic acids is 1. The average Bonchev–Trinajstić information content (AvgIpc) is 2.94. The molecule has 0 saturated carbocycles. The molecule has 4 aromatic rings. The number of unbranched alkanes of at least 4 members (excludes halogenated alkanes) is 5. The van der Waals surface area contributed by atoms with Gasteiger partial charge in [0.25, 0.3) is 0 Å². The Labute approximate surface area is 216 Å². The highest BCUT2D eigenvalue weighted by Crippen LogP contribution is 2.54. The highest BCUT2D eigenvalue weighted by atomic mass is 31.2. The minimum absolute atomic E-state index is 0.145. The van der Waals surface area contributed by atoms with Crippen LogP contribution in [-0.4, -0.2) is 5.97 Å². The summed E-state index contributed by atoms with van der Waals surface area (Å²) in [5.41, 5.74) is 0. The Morgan fingerprint density at radius 3 is 1.44 bits per heavy atom. The Morgan fingerprint density at radius 2 is 0.972 bits per heavy atom. The van der Waals surface area contributed by atoms with Crippen molar-refractivity contribution in [2.45, 2.75) is 51.9 Å². The summed E-state index contributed by atoms with van der Waals surface area (Å²) in [5, 5.41) is 5.14. The minimum atomic E-state index is -2.13. The van der Waals surface area contributed by atoms with Gasteiger partial charge in [-0.05, 0) is 67.1 Å². The zero-order valence-electron chi connectivity index (χ0n) is 21.2. The van der Waals surface area contributed by atoms with Crippen molar-refractivity contribution in [3.63, 3.8) is 0 Å². The molecule has 0 aliphatic rings. The first-order valence-electron chi connectivity index (χ1n) is 13.1. The summed E-state index contributed by atoms with van der Waals surface area (Å²) in [6.07, 6.45) is 7.42.